The van der Waals surface area contributed by atoms with E-state index < -0.39 is 6.10 Å². The van der Waals surface area contributed by atoms with Crippen LogP contribution in [-0.2, 0) is 6.54 Å². The van der Waals surface area contributed by atoms with Crippen molar-refractivity contribution in [1.82, 2.24) is 9.80 Å². The first kappa shape index (κ1) is 18.0. The van der Waals surface area contributed by atoms with Crippen LogP contribution in [0.15, 0.2) is 12.1 Å². The lowest BCUT2D eigenvalue weighted by atomic mass is 10.1. The number of β-amino-alcohol motifs (C(OH)–C–C–N with tert-alkyl or cyclic N) is 1. The van der Waals surface area contributed by atoms with Crippen LogP contribution >= 0.6 is 0 Å². The first-order chi connectivity index (χ1) is 11.1. The van der Waals surface area contributed by atoms with Crippen molar-refractivity contribution < 1.29 is 19.7 Å². The molecule has 2 rings (SSSR count). The first-order valence-corrected chi connectivity index (χ1v) is 8.02. The highest BCUT2D eigenvalue weighted by Crippen LogP contribution is 2.30. The molecule has 6 nitrogen and oxygen atoms in total. The number of methoxy groups -OCH3 is 2. The number of hydrogen-bond donors (Lipinski definition) is 2. The minimum atomic E-state index is -0.644. The average molecular weight is 324 g/mol. The Labute approximate surface area is 138 Å². The Hall–Kier alpha value is -1.34. The van der Waals surface area contributed by atoms with Crippen molar-refractivity contribution >= 4 is 0 Å². The molecule has 0 unspecified atom stereocenters. The lowest BCUT2D eigenvalue weighted by molar-refractivity contribution is 0.0382. The largest absolute Gasteiger partial charge is 0.493 e. The quantitative estimate of drug-likeness (QED) is 0.761. The van der Waals surface area contributed by atoms with Crippen LogP contribution in [0.3, 0.4) is 0 Å². The van der Waals surface area contributed by atoms with Crippen molar-refractivity contribution in [2.45, 2.75) is 19.6 Å². The summed E-state index contributed by atoms with van der Waals surface area (Å²) >= 11 is 0. The Balaban J connectivity index is 1.94. The third-order valence-corrected chi connectivity index (χ3v) is 4.38. The van der Waals surface area contributed by atoms with E-state index in [0.717, 1.165) is 44.2 Å². The van der Waals surface area contributed by atoms with Gasteiger partial charge in [-0.2, -0.15) is 0 Å². The number of rotatable bonds is 7. The van der Waals surface area contributed by atoms with Gasteiger partial charge in [0.25, 0.3) is 0 Å². The van der Waals surface area contributed by atoms with Crippen molar-refractivity contribution in [3.05, 3.63) is 23.3 Å². The molecular formula is C17H28N2O4. The standard InChI is InChI=1S/C17H28N2O4/c1-13-8-16(22-2)17(23-3)9-14(13)10-18-4-6-19(7-5-18)11-15(21)12-20/h8-9,15,20-21H,4-7,10-12H2,1-3H3/t15-/m1/s1. The van der Waals surface area contributed by atoms with Crippen LogP contribution in [0.2, 0.25) is 0 Å². The lowest BCUT2D eigenvalue weighted by Gasteiger charge is -2.35. The van der Waals surface area contributed by atoms with E-state index in [9.17, 15) is 5.11 Å². The summed E-state index contributed by atoms with van der Waals surface area (Å²) in [7, 11) is 3.30. The second-order valence-electron chi connectivity index (χ2n) is 6.05. The van der Waals surface area contributed by atoms with Crippen LogP contribution in [0.5, 0.6) is 11.5 Å². The highest BCUT2D eigenvalue weighted by atomic mass is 16.5. The number of ether oxygens (including phenoxy) is 2. The summed E-state index contributed by atoms with van der Waals surface area (Å²) in [6, 6.07) is 4.07. The van der Waals surface area contributed by atoms with Crippen LogP contribution in [0.1, 0.15) is 11.1 Å². The molecule has 0 amide bonds. The summed E-state index contributed by atoms with van der Waals surface area (Å²) in [5, 5.41) is 18.4. The molecule has 1 aliphatic heterocycles. The maximum atomic E-state index is 9.52. The van der Waals surface area contributed by atoms with Crippen LogP contribution < -0.4 is 9.47 Å². The topological polar surface area (TPSA) is 65.4 Å². The molecule has 2 N–H and O–H groups in total. The van der Waals surface area contributed by atoms with E-state index in [1.54, 1.807) is 14.2 Å². The van der Waals surface area contributed by atoms with Crippen LogP contribution in [0.4, 0.5) is 0 Å². The Morgan fingerprint density at radius 2 is 1.61 bits per heavy atom. The molecule has 1 aromatic carbocycles. The van der Waals surface area contributed by atoms with E-state index in [4.69, 9.17) is 14.6 Å². The monoisotopic (exact) mass is 324 g/mol. The molecular weight excluding hydrogens is 296 g/mol. The zero-order valence-corrected chi connectivity index (χ0v) is 14.3. The molecule has 0 aliphatic carbocycles. The Kier molecular flexibility index (Phi) is 6.65. The number of nitrogens with zero attached hydrogens (tertiary/aromatic N) is 2. The Morgan fingerprint density at radius 3 is 2.17 bits per heavy atom. The highest BCUT2D eigenvalue weighted by Gasteiger charge is 2.20. The second-order valence-corrected chi connectivity index (χ2v) is 6.05. The molecule has 23 heavy (non-hydrogen) atoms. The molecule has 0 radical (unpaired) electrons. The van der Waals surface area contributed by atoms with E-state index in [1.807, 2.05) is 6.07 Å². The summed E-state index contributed by atoms with van der Waals surface area (Å²) in [4.78, 5) is 4.59. The van der Waals surface area contributed by atoms with Crippen molar-refractivity contribution in [3.8, 4) is 11.5 Å². The van der Waals surface area contributed by atoms with Gasteiger partial charge in [0.05, 0.1) is 26.9 Å². The van der Waals surface area contributed by atoms with Gasteiger partial charge >= 0.3 is 0 Å². The molecule has 1 fully saturated rings. The molecule has 1 saturated heterocycles. The van der Waals surface area contributed by atoms with Gasteiger partial charge in [0.1, 0.15) is 0 Å². The third-order valence-electron chi connectivity index (χ3n) is 4.38. The minimum absolute atomic E-state index is 0.176. The molecule has 0 bridgehead atoms. The van der Waals surface area contributed by atoms with Gasteiger partial charge in [-0.15, -0.1) is 0 Å². The summed E-state index contributed by atoms with van der Waals surface area (Å²) < 4.78 is 10.7. The second kappa shape index (κ2) is 8.49. The summed E-state index contributed by atoms with van der Waals surface area (Å²) in [6.45, 7) is 7.04. The van der Waals surface area contributed by atoms with E-state index in [2.05, 4.69) is 22.8 Å². The predicted octanol–water partition coefficient (Wildman–Crippen LogP) is 0.483. The van der Waals surface area contributed by atoms with Crippen molar-refractivity contribution in [2.24, 2.45) is 0 Å². The van der Waals surface area contributed by atoms with Gasteiger partial charge in [-0.25, -0.2) is 0 Å². The van der Waals surface area contributed by atoms with Gasteiger partial charge in [-0.05, 0) is 30.2 Å². The van der Waals surface area contributed by atoms with Gasteiger partial charge in [0.15, 0.2) is 11.5 Å². The van der Waals surface area contributed by atoms with Gasteiger partial charge in [0, 0.05) is 39.3 Å². The van der Waals surface area contributed by atoms with Gasteiger partial charge in [-0.3, -0.25) is 9.80 Å². The van der Waals surface area contributed by atoms with E-state index in [1.165, 1.54) is 11.1 Å². The van der Waals surface area contributed by atoms with Gasteiger partial charge < -0.3 is 19.7 Å². The molecule has 0 aromatic heterocycles. The molecule has 0 spiro atoms. The van der Waals surface area contributed by atoms with E-state index in [-0.39, 0.29) is 6.61 Å². The van der Waals surface area contributed by atoms with Crippen LogP contribution in [-0.4, -0.2) is 79.7 Å². The number of hydrogen-bond acceptors (Lipinski definition) is 6. The molecule has 1 atom stereocenters. The van der Waals surface area contributed by atoms with Gasteiger partial charge in [0.2, 0.25) is 0 Å². The van der Waals surface area contributed by atoms with Crippen molar-refractivity contribution in [3.63, 3.8) is 0 Å². The fourth-order valence-corrected chi connectivity index (χ4v) is 2.92. The SMILES string of the molecule is COc1cc(C)c(CN2CCN(C[C@@H](O)CO)CC2)cc1OC. The number of aryl methyl sites for hydroxylation is 1. The van der Waals surface area contributed by atoms with Crippen LogP contribution in [0, 0.1) is 6.92 Å². The zero-order valence-electron chi connectivity index (χ0n) is 14.3. The minimum Gasteiger partial charge on any atom is -0.493 e. The fraction of sp³-hybridized carbons (Fsp3) is 0.647. The molecule has 1 heterocycles. The Bertz CT molecular complexity index is 502. The van der Waals surface area contributed by atoms with Gasteiger partial charge in [-0.1, -0.05) is 0 Å². The number of piperazine rings is 1. The maximum absolute atomic E-state index is 9.52. The molecule has 6 heteroatoms. The van der Waals surface area contributed by atoms with Crippen molar-refractivity contribution in [2.75, 3.05) is 53.6 Å². The third kappa shape index (κ3) is 4.81. The number of benzene rings is 1. The van der Waals surface area contributed by atoms with E-state index in [0.29, 0.717) is 6.54 Å². The number of aliphatic hydroxyl groups excluding tert-OH is 2. The summed E-state index contributed by atoms with van der Waals surface area (Å²) in [6.07, 6.45) is -0.644. The molecule has 1 aromatic rings. The molecule has 130 valence electrons. The smallest absolute Gasteiger partial charge is 0.161 e. The zero-order chi connectivity index (χ0) is 16.8. The molecule has 0 saturated carbocycles. The molecule has 1 aliphatic rings. The maximum Gasteiger partial charge on any atom is 0.161 e. The Morgan fingerprint density at radius 1 is 1.04 bits per heavy atom. The van der Waals surface area contributed by atoms with Crippen molar-refractivity contribution in [1.29, 1.82) is 0 Å². The predicted molar refractivity (Wildman–Crippen MR) is 89.1 cm³/mol. The van der Waals surface area contributed by atoms with E-state index >= 15 is 0 Å². The first-order valence-electron chi connectivity index (χ1n) is 8.02. The summed E-state index contributed by atoms with van der Waals surface area (Å²) in [5.41, 5.74) is 2.44. The normalized spacial score (nSPS) is 18.0. The average Bonchev–Trinajstić information content (AvgIpc) is 2.57. The highest BCUT2D eigenvalue weighted by molar-refractivity contribution is 5.47. The van der Waals surface area contributed by atoms with Crippen LogP contribution in [0.25, 0.3) is 0 Å². The number of aliphatic hydroxyl groups is 2. The lowest BCUT2D eigenvalue weighted by Crippen LogP contribution is -2.48. The fourth-order valence-electron chi connectivity index (χ4n) is 2.92. The summed E-state index contributed by atoms with van der Waals surface area (Å²) in [5.74, 6) is 1.52.